The molecule has 0 unspecified atom stereocenters. The molecule has 1 saturated heterocycles. The monoisotopic (exact) mass is 364 g/mol. The second kappa shape index (κ2) is 8.23. The van der Waals surface area contributed by atoms with E-state index in [1.807, 2.05) is 4.90 Å². The van der Waals surface area contributed by atoms with Crippen molar-refractivity contribution in [3.05, 3.63) is 65.5 Å². The lowest BCUT2D eigenvalue weighted by Crippen LogP contribution is -2.49. The molecule has 0 saturated carbocycles. The molecule has 7 heteroatoms. The highest BCUT2D eigenvalue weighted by Crippen LogP contribution is 2.15. The predicted molar refractivity (Wildman–Crippen MR) is 90.1 cm³/mol. The minimum Gasteiger partial charge on any atom is -0.484 e. The number of halogens is 3. The third kappa shape index (κ3) is 4.76. The van der Waals surface area contributed by atoms with Gasteiger partial charge in [-0.1, -0.05) is 0 Å². The first-order chi connectivity index (χ1) is 12.5. The van der Waals surface area contributed by atoms with Gasteiger partial charge in [0.1, 0.15) is 23.2 Å². The summed E-state index contributed by atoms with van der Waals surface area (Å²) in [5.74, 6) is -0.994. The van der Waals surface area contributed by atoms with Crippen LogP contribution in [0.2, 0.25) is 0 Å². The molecule has 3 rings (SSSR count). The molecular weight excluding hydrogens is 345 g/mol. The zero-order chi connectivity index (χ0) is 18.5. The lowest BCUT2D eigenvalue weighted by molar-refractivity contribution is -0.135. The molecule has 0 N–H and O–H groups in total. The third-order valence-corrected chi connectivity index (χ3v) is 4.30. The Hall–Kier alpha value is -2.54. The molecule has 0 atom stereocenters. The van der Waals surface area contributed by atoms with Gasteiger partial charge in [0.25, 0.3) is 5.91 Å². The van der Waals surface area contributed by atoms with Gasteiger partial charge in [-0.2, -0.15) is 0 Å². The molecule has 1 amide bonds. The van der Waals surface area contributed by atoms with Gasteiger partial charge < -0.3 is 9.64 Å². The molecule has 4 nitrogen and oxygen atoms in total. The van der Waals surface area contributed by atoms with E-state index in [2.05, 4.69) is 0 Å². The fourth-order valence-corrected chi connectivity index (χ4v) is 2.83. The summed E-state index contributed by atoms with van der Waals surface area (Å²) in [6, 6.07) is 8.88. The molecule has 1 aliphatic heterocycles. The van der Waals surface area contributed by atoms with E-state index in [1.54, 1.807) is 4.90 Å². The number of carbonyl (C=O) groups excluding carboxylic acids is 1. The number of hydrogen-bond acceptors (Lipinski definition) is 3. The van der Waals surface area contributed by atoms with Crippen molar-refractivity contribution in [3.63, 3.8) is 0 Å². The van der Waals surface area contributed by atoms with Crippen LogP contribution in [0, 0.1) is 17.5 Å². The maximum atomic E-state index is 13.7. The maximum absolute atomic E-state index is 13.7. The molecule has 0 bridgehead atoms. The summed E-state index contributed by atoms with van der Waals surface area (Å²) in [6.45, 7) is 2.30. The van der Waals surface area contributed by atoms with Gasteiger partial charge in [0.05, 0.1) is 0 Å². The van der Waals surface area contributed by atoms with E-state index in [1.165, 1.54) is 30.3 Å². The number of benzene rings is 2. The molecule has 0 radical (unpaired) electrons. The number of carbonyl (C=O) groups is 1. The van der Waals surface area contributed by atoms with E-state index in [-0.39, 0.29) is 18.3 Å². The van der Waals surface area contributed by atoms with E-state index in [9.17, 15) is 18.0 Å². The van der Waals surface area contributed by atoms with Crippen LogP contribution in [-0.4, -0.2) is 48.5 Å². The number of hydrogen-bond donors (Lipinski definition) is 0. The van der Waals surface area contributed by atoms with Crippen LogP contribution in [0.5, 0.6) is 5.75 Å². The van der Waals surface area contributed by atoms with Gasteiger partial charge in [-0.05, 0) is 42.5 Å². The molecule has 1 heterocycles. The second-order valence-corrected chi connectivity index (χ2v) is 6.14. The minimum absolute atomic E-state index is 0.121. The average molecular weight is 364 g/mol. The Morgan fingerprint density at radius 2 is 1.58 bits per heavy atom. The summed E-state index contributed by atoms with van der Waals surface area (Å²) in [7, 11) is 0. The quantitative estimate of drug-likeness (QED) is 0.818. The summed E-state index contributed by atoms with van der Waals surface area (Å²) in [6.07, 6.45) is 0. The van der Waals surface area contributed by atoms with Crippen molar-refractivity contribution in [1.29, 1.82) is 0 Å². The highest BCUT2D eigenvalue weighted by Gasteiger charge is 2.22. The van der Waals surface area contributed by atoms with Gasteiger partial charge >= 0.3 is 0 Å². The largest absolute Gasteiger partial charge is 0.484 e. The highest BCUT2D eigenvalue weighted by atomic mass is 19.1. The van der Waals surface area contributed by atoms with Gasteiger partial charge in [-0.15, -0.1) is 0 Å². The predicted octanol–water partition coefficient (Wildman–Crippen LogP) is 2.83. The lowest BCUT2D eigenvalue weighted by atomic mass is 10.1. The lowest BCUT2D eigenvalue weighted by Gasteiger charge is -2.34. The standard InChI is InChI=1S/C19H19F3N2O2/c20-15-1-4-17(5-2-15)26-13-19(25)24-9-7-23(8-10-24)12-14-11-16(21)3-6-18(14)22/h1-6,11H,7-10,12-13H2. The van der Waals surface area contributed by atoms with Crippen molar-refractivity contribution in [2.24, 2.45) is 0 Å². The first-order valence-electron chi connectivity index (χ1n) is 8.34. The molecule has 0 spiro atoms. The average Bonchev–Trinajstić information content (AvgIpc) is 2.64. The fourth-order valence-electron chi connectivity index (χ4n) is 2.83. The Bertz CT molecular complexity index is 760. The van der Waals surface area contributed by atoms with Crippen LogP contribution in [-0.2, 0) is 11.3 Å². The van der Waals surface area contributed by atoms with Crippen LogP contribution in [0.25, 0.3) is 0 Å². The first kappa shape index (κ1) is 18.3. The van der Waals surface area contributed by atoms with Gasteiger partial charge in [-0.3, -0.25) is 9.69 Å². The van der Waals surface area contributed by atoms with E-state index in [4.69, 9.17) is 4.74 Å². The van der Waals surface area contributed by atoms with Gasteiger partial charge in [0, 0.05) is 38.3 Å². The maximum Gasteiger partial charge on any atom is 0.260 e. The summed E-state index contributed by atoms with van der Waals surface area (Å²) in [4.78, 5) is 15.8. The van der Waals surface area contributed by atoms with Crippen LogP contribution >= 0.6 is 0 Å². The van der Waals surface area contributed by atoms with Gasteiger partial charge in [-0.25, -0.2) is 13.2 Å². The number of piperazine rings is 1. The number of rotatable bonds is 5. The fraction of sp³-hybridized carbons (Fsp3) is 0.316. The topological polar surface area (TPSA) is 32.8 Å². The van der Waals surface area contributed by atoms with Crippen molar-refractivity contribution >= 4 is 5.91 Å². The summed E-state index contributed by atoms with van der Waals surface area (Å²) in [5.41, 5.74) is 0.310. The van der Waals surface area contributed by atoms with E-state index in [0.29, 0.717) is 44.0 Å². The van der Waals surface area contributed by atoms with Crippen molar-refractivity contribution in [2.75, 3.05) is 32.8 Å². The van der Waals surface area contributed by atoms with Crippen molar-refractivity contribution < 1.29 is 22.7 Å². The van der Waals surface area contributed by atoms with Crippen LogP contribution in [0.15, 0.2) is 42.5 Å². The number of amides is 1. The van der Waals surface area contributed by atoms with Crippen molar-refractivity contribution in [1.82, 2.24) is 9.80 Å². The Morgan fingerprint density at radius 1 is 0.923 bits per heavy atom. The van der Waals surface area contributed by atoms with Crippen LogP contribution in [0.4, 0.5) is 13.2 Å². The SMILES string of the molecule is O=C(COc1ccc(F)cc1)N1CCN(Cc2cc(F)ccc2F)CC1. The number of ether oxygens (including phenoxy) is 1. The molecule has 0 aliphatic carbocycles. The summed E-state index contributed by atoms with van der Waals surface area (Å²) < 4.78 is 45.2. The molecule has 0 aromatic heterocycles. The Morgan fingerprint density at radius 3 is 2.27 bits per heavy atom. The Kier molecular flexibility index (Phi) is 5.78. The summed E-state index contributed by atoms with van der Waals surface area (Å²) >= 11 is 0. The van der Waals surface area contributed by atoms with Crippen molar-refractivity contribution in [3.8, 4) is 5.75 Å². The molecule has 138 valence electrons. The van der Waals surface area contributed by atoms with E-state index in [0.717, 1.165) is 12.1 Å². The number of nitrogens with zero attached hydrogens (tertiary/aromatic N) is 2. The van der Waals surface area contributed by atoms with Crippen LogP contribution in [0.1, 0.15) is 5.56 Å². The van der Waals surface area contributed by atoms with E-state index >= 15 is 0 Å². The van der Waals surface area contributed by atoms with E-state index < -0.39 is 11.6 Å². The highest BCUT2D eigenvalue weighted by molar-refractivity contribution is 5.77. The normalized spacial score (nSPS) is 15.1. The molecule has 1 aliphatic rings. The molecule has 2 aromatic rings. The van der Waals surface area contributed by atoms with Gasteiger partial charge in [0.15, 0.2) is 6.61 Å². The van der Waals surface area contributed by atoms with Crippen LogP contribution < -0.4 is 4.74 Å². The molecule has 2 aromatic carbocycles. The zero-order valence-electron chi connectivity index (χ0n) is 14.1. The molecule has 1 fully saturated rings. The minimum atomic E-state index is -0.465. The zero-order valence-corrected chi connectivity index (χ0v) is 14.1. The van der Waals surface area contributed by atoms with Crippen LogP contribution in [0.3, 0.4) is 0 Å². The first-order valence-corrected chi connectivity index (χ1v) is 8.34. The van der Waals surface area contributed by atoms with Gasteiger partial charge in [0.2, 0.25) is 0 Å². The van der Waals surface area contributed by atoms with Crippen molar-refractivity contribution in [2.45, 2.75) is 6.54 Å². The Labute approximate surface area is 149 Å². The Balaban J connectivity index is 1.46. The summed E-state index contributed by atoms with van der Waals surface area (Å²) in [5, 5.41) is 0. The molecule has 26 heavy (non-hydrogen) atoms. The smallest absolute Gasteiger partial charge is 0.260 e. The molecular formula is C19H19F3N2O2. The second-order valence-electron chi connectivity index (χ2n) is 6.14. The third-order valence-electron chi connectivity index (χ3n) is 4.30.